The molecular weight excluding hydrogens is 603 g/mol. The van der Waals surface area contributed by atoms with Gasteiger partial charge in [-0.15, -0.1) is 11.3 Å². The number of carbonyl (C=O) groups is 1. The molecule has 1 aromatic heterocycles. The van der Waals surface area contributed by atoms with Crippen molar-refractivity contribution in [3.05, 3.63) is 70.9 Å². The molecule has 3 heterocycles. The van der Waals surface area contributed by atoms with E-state index in [0.29, 0.717) is 30.9 Å². The molecule has 39 heavy (non-hydrogen) atoms. The summed E-state index contributed by atoms with van der Waals surface area (Å²) in [6.45, 7) is 0.709. The van der Waals surface area contributed by atoms with Crippen LogP contribution in [0.4, 0.5) is 4.79 Å². The molecule has 0 N–H and O–H groups in total. The Morgan fingerprint density at radius 3 is 2.54 bits per heavy atom. The number of likely N-dealkylation sites (tertiary alicyclic amines) is 1. The van der Waals surface area contributed by atoms with Gasteiger partial charge in [0, 0.05) is 32.1 Å². The second-order valence-corrected chi connectivity index (χ2v) is 15.6. The third-order valence-corrected chi connectivity index (χ3v) is 9.98. The van der Waals surface area contributed by atoms with Crippen molar-refractivity contribution in [1.29, 1.82) is 0 Å². The molecule has 1 saturated heterocycles. The Bertz CT molecular complexity index is 1430. The Labute approximate surface area is 246 Å². The molecule has 0 saturated carbocycles. The fraction of sp³-hybridized carbons (Fsp3) is 0.407. The molecule has 2 aliphatic heterocycles. The lowest BCUT2D eigenvalue weighted by atomic mass is 9.83. The summed E-state index contributed by atoms with van der Waals surface area (Å²) in [5.41, 5.74) is 2.54. The molecule has 7 nitrogen and oxygen atoms in total. The Morgan fingerprint density at radius 2 is 1.82 bits per heavy atom. The Hall–Kier alpha value is -2.04. The normalized spacial score (nSPS) is 16.9. The molecule has 1 amide bonds. The number of ether oxygens (including phenoxy) is 2. The Morgan fingerprint density at radius 1 is 1.08 bits per heavy atom. The van der Waals surface area contributed by atoms with Gasteiger partial charge in [-0.05, 0) is 47.7 Å². The first-order chi connectivity index (χ1) is 18.5. The van der Waals surface area contributed by atoms with E-state index in [4.69, 9.17) is 44.3 Å². The lowest BCUT2D eigenvalue weighted by Crippen LogP contribution is -2.51. The minimum Gasteiger partial charge on any atom is -0.487 e. The van der Waals surface area contributed by atoms with Crippen LogP contribution in [0, 0.1) is 0 Å². The van der Waals surface area contributed by atoms with Crippen LogP contribution in [0.5, 0.6) is 5.75 Å². The monoisotopic (exact) mass is 628 g/mol. The maximum atomic E-state index is 12.7. The number of hydrogen-bond donors (Lipinski definition) is 0. The standard InChI is InChI=1S/C27H27Cl3N2O5S2/c28-27(29,30)18-36-25(33)32-12-10-26(11-13-32)9-8-20-14-21(6-7-22(20)37-26)23-15-31-24(38-23)17-39(34,35)16-19-4-2-1-3-5-19/h1-7,14-15H,8-13,16-18H2. The van der Waals surface area contributed by atoms with Gasteiger partial charge >= 0.3 is 6.09 Å². The van der Waals surface area contributed by atoms with Crippen molar-refractivity contribution >= 4 is 62.1 Å². The topological polar surface area (TPSA) is 85.8 Å². The van der Waals surface area contributed by atoms with Crippen molar-refractivity contribution in [2.24, 2.45) is 0 Å². The molecule has 0 aliphatic carbocycles. The van der Waals surface area contributed by atoms with Crippen molar-refractivity contribution < 1.29 is 22.7 Å². The zero-order chi connectivity index (χ0) is 27.7. The van der Waals surface area contributed by atoms with Crippen LogP contribution in [0.15, 0.2) is 54.7 Å². The molecule has 0 atom stereocenters. The lowest BCUT2D eigenvalue weighted by Gasteiger charge is -2.44. The maximum absolute atomic E-state index is 12.7. The van der Waals surface area contributed by atoms with Gasteiger partial charge in [-0.25, -0.2) is 18.2 Å². The number of halogens is 3. The number of piperidine rings is 1. The summed E-state index contributed by atoms with van der Waals surface area (Å²) < 4.78 is 35.3. The summed E-state index contributed by atoms with van der Waals surface area (Å²) in [5, 5.41) is 0.577. The fourth-order valence-corrected chi connectivity index (χ4v) is 7.84. The summed E-state index contributed by atoms with van der Waals surface area (Å²) in [6.07, 6.45) is 4.31. The van der Waals surface area contributed by atoms with E-state index in [1.165, 1.54) is 11.3 Å². The van der Waals surface area contributed by atoms with E-state index in [9.17, 15) is 13.2 Å². The number of aromatic nitrogens is 1. The number of thiazole rings is 1. The predicted molar refractivity (Wildman–Crippen MR) is 154 cm³/mol. The van der Waals surface area contributed by atoms with Crippen LogP contribution in [0.1, 0.15) is 35.4 Å². The molecule has 2 aliphatic rings. The molecule has 0 bridgehead atoms. The largest absolute Gasteiger partial charge is 0.487 e. The first-order valence-electron chi connectivity index (χ1n) is 12.5. The van der Waals surface area contributed by atoms with Crippen LogP contribution in [-0.2, 0) is 32.5 Å². The van der Waals surface area contributed by atoms with Crippen LogP contribution in [0.3, 0.4) is 0 Å². The van der Waals surface area contributed by atoms with Gasteiger partial charge in [0.2, 0.25) is 3.79 Å². The molecule has 1 spiro atoms. The zero-order valence-electron chi connectivity index (χ0n) is 20.9. The van der Waals surface area contributed by atoms with Gasteiger partial charge in [0.15, 0.2) is 9.84 Å². The van der Waals surface area contributed by atoms with E-state index >= 15 is 0 Å². The van der Waals surface area contributed by atoms with Crippen molar-refractivity contribution in [2.75, 3.05) is 19.7 Å². The van der Waals surface area contributed by atoms with E-state index in [1.54, 1.807) is 11.1 Å². The van der Waals surface area contributed by atoms with E-state index in [2.05, 4.69) is 11.1 Å². The number of hydrogen-bond acceptors (Lipinski definition) is 7. The number of benzene rings is 2. The van der Waals surface area contributed by atoms with Crippen LogP contribution in [-0.4, -0.2) is 53.5 Å². The van der Waals surface area contributed by atoms with Crippen molar-refractivity contribution in [2.45, 2.75) is 46.6 Å². The SMILES string of the molecule is O=C(OCC(Cl)(Cl)Cl)N1CCC2(CCc3cc(-c4cnc(CS(=O)(=O)Cc5ccccc5)s4)ccc3O2)CC1. The van der Waals surface area contributed by atoms with Crippen molar-refractivity contribution in [1.82, 2.24) is 9.88 Å². The highest BCUT2D eigenvalue weighted by atomic mass is 35.6. The van der Waals surface area contributed by atoms with Gasteiger partial charge in [-0.3, -0.25) is 0 Å². The number of fused-ring (bicyclic) bond motifs is 1. The molecule has 1 fully saturated rings. The predicted octanol–water partition coefficient (Wildman–Crippen LogP) is 6.59. The van der Waals surface area contributed by atoms with Gasteiger partial charge in [0.05, 0.1) is 10.6 Å². The first-order valence-corrected chi connectivity index (χ1v) is 16.3. The summed E-state index contributed by atoms with van der Waals surface area (Å²) in [5.74, 6) is 0.750. The number of alkyl halides is 3. The second-order valence-electron chi connectivity index (χ2n) is 9.90. The smallest absolute Gasteiger partial charge is 0.409 e. The Kier molecular flexibility index (Phi) is 8.36. The van der Waals surface area contributed by atoms with Gasteiger partial charge in [-0.2, -0.15) is 0 Å². The highest BCUT2D eigenvalue weighted by Crippen LogP contribution is 2.41. The number of carbonyl (C=O) groups excluding carboxylic acids is 1. The number of aryl methyl sites for hydroxylation is 1. The molecule has 0 radical (unpaired) electrons. The molecule has 2 aromatic carbocycles. The van der Waals surface area contributed by atoms with Crippen molar-refractivity contribution in [3.8, 4) is 16.2 Å². The van der Waals surface area contributed by atoms with E-state index in [1.807, 2.05) is 42.5 Å². The number of sulfone groups is 1. The van der Waals surface area contributed by atoms with Gasteiger partial charge in [0.1, 0.15) is 28.7 Å². The quantitative estimate of drug-likeness (QED) is 0.286. The third-order valence-electron chi connectivity index (χ3n) is 6.94. The van der Waals surface area contributed by atoms with Gasteiger partial charge in [-0.1, -0.05) is 65.1 Å². The Balaban J connectivity index is 1.19. The lowest BCUT2D eigenvalue weighted by molar-refractivity contribution is -0.0141. The molecule has 3 aromatic rings. The van der Waals surface area contributed by atoms with Crippen LogP contribution in [0.25, 0.3) is 10.4 Å². The second kappa shape index (κ2) is 11.4. The molecular formula is C27H27Cl3N2O5S2. The fourth-order valence-electron chi connectivity index (χ4n) is 4.94. The van der Waals surface area contributed by atoms with Crippen molar-refractivity contribution in [3.63, 3.8) is 0 Å². The molecule has 0 unspecified atom stereocenters. The van der Waals surface area contributed by atoms with E-state index in [-0.39, 0.29) is 23.7 Å². The maximum Gasteiger partial charge on any atom is 0.409 e. The summed E-state index contributed by atoms with van der Waals surface area (Å²) in [4.78, 5) is 19.2. The van der Waals surface area contributed by atoms with E-state index in [0.717, 1.165) is 40.2 Å². The first kappa shape index (κ1) is 28.5. The number of nitrogens with zero attached hydrogens (tertiary/aromatic N) is 2. The summed E-state index contributed by atoms with van der Waals surface area (Å²) in [7, 11) is -3.33. The minimum atomic E-state index is -3.33. The van der Waals surface area contributed by atoms with Crippen LogP contribution >= 0.6 is 46.1 Å². The van der Waals surface area contributed by atoms with Gasteiger partial charge < -0.3 is 14.4 Å². The summed E-state index contributed by atoms with van der Waals surface area (Å²) in [6, 6.07) is 15.2. The zero-order valence-corrected chi connectivity index (χ0v) is 24.8. The average Bonchev–Trinajstić information content (AvgIpc) is 3.35. The molecule has 5 rings (SSSR count). The highest BCUT2D eigenvalue weighted by molar-refractivity contribution is 7.90. The van der Waals surface area contributed by atoms with Crippen LogP contribution in [0.2, 0.25) is 0 Å². The third kappa shape index (κ3) is 7.38. The number of rotatable bonds is 6. The summed E-state index contributed by atoms with van der Waals surface area (Å²) >= 11 is 18.4. The molecule has 208 valence electrons. The van der Waals surface area contributed by atoms with E-state index < -0.39 is 19.7 Å². The average molecular weight is 630 g/mol. The molecule has 12 heteroatoms. The minimum absolute atomic E-state index is 0.00537. The number of amides is 1. The van der Waals surface area contributed by atoms with Gasteiger partial charge in [0.25, 0.3) is 0 Å². The highest BCUT2D eigenvalue weighted by Gasteiger charge is 2.41. The van der Waals surface area contributed by atoms with Crippen LogP contribution < -0.4 is 4.74 Å².